The summed E-state index contributed by atoms with van der Waals surface area (Å²) in [6, 6.07) is 20.2. The van der Waals surface area contributed by atoms with Crippen LogP contribution in [0.5, 0.6) is 0 Å². The quantitative estimate of drug-likeness (QED) is 0.167. The summed E-state index contributed by atoms with van der Waals surface area (Å²) in [6.07, 6.45) is 5.03. The third-order valence-electron chi connectivity index (χ3n) is 5.64. The molecule has 0 atom stereocenters. The van der Waals surface area contributed by atoms with E-state index in [0.29, 0.717) is 5.16 Å². The van der Waals surface area contributed by atoms with E-state index in [0.717, 1.165) is 34.0 Å². The number of benzene rings is 2. The first kappa shape index (κ1) is 26.2. The van der Waals surface area contributed by atoms with Gasteiger partial charge in [-0.25, -0.2) is 5.43 Å². The molecule has 4 rings (SSSR count). The highest BCUT2D eigenvalue weighted by Crippen LogP contribution is 2.30. The highest BCUT2D eigenvalue weighted by atomic mass is 32.2. The average molecular weight is 514 g/mol. The van der Waals surface area contributed by atoms with Gasteiger partial charge in [0.2, 0.25) is 0 Å². The fraction of sp³-hybridized carbons (Fsp3) is 0.241. The summed E-state index contributed by atoms with van der Waals surface area (Å²) in [5.74, 6) is 1.36. The number of carbonyl (C=O) groups excluding carboxylic acids is 1. The molecule has 7 nitrogen and oxygen atoms in total. The van der Waals surface area contributed by atoms with Crippen molar-refractivity contribution in [2.75, 3.05) is 5.75 Å². The zero-order chi connectivity index (χ0) is 26.4. The van der Waals surface area contributed by atoms with E-state index >= 15 is 0 Å². The number of carbonyl (C=O) groups is 1. The van der Waals surface area contributed by atoms with Gasteiger partial charge < -0.3 is 4.42 Å². The third kappa shape index (κ3) is 6.86. The first-order valence-electron chi connectivity index (χ1n) is 12.0. The van der Waals surface area contributed by atoms with Crippen molar-refractivity contribution >= 4 is 30.0 Å². The number of nitrogens with one attached hydrogen (secondary N) is 1. The summed E-state index contributed by atoms with van der Waals surface area (Å²) in [4.78, 5) is 12.5. The van der Waals surface area contributed by atoms with Crippen molar-refractivity contribution in [3.05, 3.63) is 89.4 Å². The van der Waals surface area contributed by atoms with Gasteiger partial charge in [0.05, 0.1) is 18.2 Å². The van der Waals surface area contributed by atoms with Crippen LogP contribution in [0.4, 0.5) is 0 Å². The normalized spacial score (nSPS) is 12.3. The maximum atomic E-state index is 12.5. The molecule has 37 heavy (non-hydrogen) atoms. The lowest BCUT2D eigenvalue weighted by Crippen LogP contribution is -2.20. The molecule has 0 radical (unpaired) electrons. The van der Waals surface area contributed by atoms with Gasteiger partial charge in [-0.2, -0.15) is 5.10 Å². The Balaban J connectivity index is 1.51. The molecule has 1 amide bonds. The molecule has 0 aliphatic heterocycles. The minimum absolute atomic E-state index is 0.0626. The molecule has 2 aromatic carbocycles. The summed E-state index contributed by atoms with van der Waals surface area (Å²) < 4.78 is 7.27. The minimum atomic E-state index is -0.235. The van der Waals surface area contributed by atoms with Crippen molar-refractivity contribution in [3.8, 4) is 17.1 Å². The summed E-state index contributed by atoms with van der Waals surface area (Å²) in [5, 5.41) is 13.6. The lowest BCUT2D eigenvalue weighted by Gasteiger charge is -2.19. The first-order valence-corrected chi connectivity index (χ1v) is 13.0. The molecule has 2 heterocycles. The fourth-order valence-electron chi connectivity index (χ4n) is 3.60. The van der Waals surface area contributed by atoms with Gasteiger partial charge in [-0.1, -0.05) is 74.5 Å². The fourth-order valence-corrected chi connectivity index (χ4v) is 4.34. The molecule has 0 saturated heterocycles. The standard InChI is InChI=1S/C29H31N5O2S/c1-20-8-14-24(15-9-20)34-27(22-10-12-23(13-11-22)29(3,4)5)32-33-28(34)37-19-26(35)31-30-18-21(2)17-25-7-6-16-36-25/h6-18H,19H2,1-5H3,(H,31,35)/b21-17+,30-18+. The Hall–Kier alpha value is -3.91. The Bertz CT molecular complexity index is 1390. The van der Waals surface area contributed by atoms with E-state index in [1.165, 1.54) is 17.3 Å². The monoisotopic (exact) mass is 513 g/mol. The van der Waals surface area contributed by atoms with Crippen molar-refractivity contribution in [1.29, 1.82) is 0 Å². The molecule has 0 unspecified atom stereocenters. The predicted octanol–water partition coefficient (Wildman–Crippen LogP) is 6.43. The van der Waals surface area contributed by atoms with Crippen LogP contribution in [0, 0.1) is 6.92 Å². The van der Waals surface area contributed by atoms with Gasteiger partial charge in [-0.15, -0.1) is 10.2 Å². The van der Waals surface area contributed by atoms with Gasteiger partial charge in [0.1, 0.15) is 5.76 Å². The molecule has 0 fully saturated rings. The Morgan fingerprint density at radius 1 is 1.08 bits per heavy atom. The van der Waals surface area contributed by atoms with Crippen LogP contribution < -0.4 is 5.43 Å². The number of hydrogen-bond donors (Lipinski definition) is 1. The van der Waals surface area contributed by atoms with Gasteiger partial charge in [0, 0.05) is 11.3 Å². The molecule has 0 spiro atoms. The third-order valence-corrected chi connectivity index (χ3v) is 6.57. The SMILES string of the molecule is CC(/C=N/NC(=O)CSc1nnc(-c2ccc(C(C)(C)C)cc2)n1-c1ccc(C)cc1)=C\c1ccco1. The van der Waals surface area contributed by atoms with Crippen LogP contribution in [-0.2, 0) is 10.2 Å². The summed E-state index contributed by atoms with van der Waals surface area (Å²) in [5.41, 5.74) is 7.79. The van der Waals surface area contributed by atoms with Gasteiger partial charge in [-0.3, -0.25) is 9.36 Å². The van der Waals surface area contributed by atoms with Crippen LogP contribution in [-0.4, -0.2) is 32.6 Å². The predicted molar refractivity (Wildman–Crippen MR) is 150 cm³/mol. The molecule has 8 heteroatoms. The largest absolute Gasteiger partial charge is 0.465 e. The molecular formula is C29H31N5O2S. The summed E-state index contributed by atoms with van der Waals surface area (Å²) >= 11 is 1.31. The number of nitrogens with zero attached hydrogens (tertiary/aromatic N) is 4. The van der Waals surface area contributed by atoms with E-state index in [-0.39, 0.29) is 17.1 Å². The maximum Gasteiger partial charge on any atom is 0.250 e. The van der Waals surface area contributed by atoms with Crippen molar-refractivity contribution in [3.63, 3.8) is 0 Å². The van der Waals surface area contributed by atoms with E-state index in [9.17, 15) is 4.79 Å². The molecular weight excluding hydrogens is 482 g/mol. The van der Waals surface area contributed by atoms with Crippen LogP contribution in [0.1, 0.15) is 44.6 Å². The van der Waals surface area contributed by atoms with Crippen molar-refractivity contribution < 1.29 is 9.21 Å². The molecule has 4 aromatic rings. The van der Waals surface area contributed by atoms with E-state index in [1.54, 1.807) is 12.5 Å². The Morgan fingerprint density at radius 2 is 1.81 bits per heavy atom. The van der Waals surface area contributed by atoms with Gasteiger partial charge in [-0.05, 0) is 60.7 Å². The zero-order valence-electron chi connectivity index (χ0n) is 21.7. The Labute approximate surface area is 221 Å². The number of furan rings is 1. The highest BCUT2D eigenvalue weighted by molar-refractivity contribution is 7.99. The van der Waals surface area contributed by atoms with Crippen molar-refractivity contribution in [1.82, 2.24) is 20.2 Å². The van der Waals surface area contributed by atoms with Crippen LogP contribution in [0.25, 0.3) is 23.2 Å². The molecule has 190 valence electrons. The topological polar surface area (TPSA) is 85.3 Å². The maximum absolute atomic E-state index is 12.5. The van der Waals surface area contributed by atoms with Crippen LogP contribution in [0.15, 0.2) is 87.2 Å². The first-order chi connectivity index (χ1) is 17.7. The molecule has 0 aliphatic carbocycles. The second kappa shape index (κ2) is 11.4. The molecule has 0 bridgehead atoms. The number of aryl methyl sites for hydroxylation is 1. The van der Waals surface area contributed by atoms with Crippen molar-refractivity contribution in [2.45, 2.75) is 45.2 Å². The second-order valence-corrected chi connectivity index (χ2v) is 10.7. The van der Waals surface area contributed by atoms with E-state index < -0.39 is 0 Å². The second-order valence-electron chi connectivity index (χ2n) is 9.79. The number of hydrazone groups is 1. The number of amides is 1. The number of aromatic nitrogens is 3. The van der Waals surface area contributed by atoms with Crippen LogP contribution >= 0.6 is 11.8 Å². The van der Waals surface area contributed by atoms with Crippen LogP contribution in [0.2, 0.25) is 0 Å². The zero-order valence-corrected chi connectivity index (χ0v) is 22.5. The number of allylic oxidation sites excluding steroid dienone is 1. The minimum Gasteiger partial charge on any atom is -0.465 e. The Morgan fingerprint density at radius 3 is 2.46 bits per heavy atom. The molecule has 1 N–H and O–H groups in total. The van der Waals surface area contributed by atoms with Crippen LogP contribution in [0.3, 0.4) is 0 Å². The van der Waals surface area contributed by atoms with Crippen molar-refractivity contribution in [2.24, 2.45) is 5.10 Å². The summed E-state index contributed by atoms with van der Waals surface area (Å²) in [7, 11) is 0. The number of thioether (sulfide) groups is 1. The molecule has 0 saturated carbocycles. The van der Waals surface area contributed by atoms with E-state index in [1.807, 2.05) is 48.8 Å². The molecule has 2 aromatic heterocycles. The van der Waals surface area contributed by atoms with E-state index in [2.05, 4.69) is 77.9 Å². The van der Waals surface area contributed by atoms with Gasteiger partial charge >= 0.3 is 0 Å². The Kier molecular flexibility index (Phi) is 8.08. The van der Waals surface area contributed by atoms with E-state index in [4.69, 9.17) is 4.42 Å². The number of rotatable bonds is 8. The smallest absolute Gasteiger partial charge is 0.250 e. The van der Waals surface area contributed by atoms with Gasteiger partial charge in [0.15, 0.2) is 11.0 Å². The summed E-state index contributed by atoms with van der Waals surface area (Å²) in [6.45, 7) is 10.5. The van der Waals surface area contributed by atoms with Gasteiger partial charge in [0.25, 0.3) is 5.91 Å². The highest BCUT2D eigenvalue weighted by Gasteiger charge is 2.19. The number of hydrogen-bond acceptors (Lipinski definition) is 6. The molecule has 0 aliphatic rings. The lowest BCUT2D eigenvalue weighted by atomic mass is 9.87. The lowest BCUT2D eigenvalue weighted by molar-refractivity contribution is -0.118. The average Bonchev–Trinajstić information content (AvgIpc) is 3.53.